The molecule has 2 aromatic rings. The van der Waals surface area contributed by atoms with Crippen molar-refractivity contribution in [2.24, 2.45) is 0 Å². The number of nitriles is 1. The van der Waals surface area contributed by atoms with E-state index in [9.17, 15) is 0 Å². The lowest BCUT2D eigenvalue weighted by Gasteiger charge is -2.12. The van der Waals surface area contributed by atoms with Crippen LogP contribution in [0.1, 0.15) is 17.0 Å². The molecule has 0 aliphatic rings. The Bertz CT molecular complexity index is 696. The summed E-state index contributed by atoms with van der Waals surface area (Å²) in [6.07, 6.45) is 0. The smallest absolute Gasteiger partial charge is 0.227 e. The quantitative estimate of drug-likeness (QED) is 0.810. The van der Waals surface area contributed by atoms with E-state index < -0.39 is 0 Å². The first kappa shape index (κ1) is 14.1. The summed E-state index contributed by atoms with van der Waals surface area (Å²) in [5.41, 5.74) is 1.13. The molecule has 6 heteroatoms. The number of methoxy groups -OCH3 is 1. The van der Waals surface area contributed by atoms with Crippen LogP contribution in [0.5, 0.6) is 17.4 Å². The fraction of sp³-hybridized carbons (Fsp3) is 0.214. The zero-order chi connectivity index (χ0) is 14.7. The fourth-order valence-electron chi connectivity index (χ4n) is 1.59. The van der Waals surface area contributed by atoms with Gasteiger partial charge in [-0.15, -0.1) is 0 Å². The number of benzene rings is 1. The van der Waals surface area contributed by atoms with Gasteiger partial charge in [-0.1, -0.05) is 11.6 Å². The molecular formula is C14H12ClN3O2. The first-order chi connectivity index (χ1) is 9.55. The van der Waals surface area contributed by atoms with E-state index in [2.05, 4.69) is 9.97 Å². The van der Waals surface area contributed by atoms with Gasteiger partial charge in [-0.25, -0.2) is 4.98 Å². The van der Waals surface area contributed by atoms with Crippen molar-refractivity contribution < 1.29 is 9.47 Å². The Balaban J connectivity index is 2.43. The first-order valence-corrected chi connectivity index (χ1v) is 6.19. The third-order valence-electron chi connectivity index (χ3n) is 2.65. The molecule has 0 aliphatic heterocycles. The number of rotatable bonds is 3. The highest BCUT2D eigenvalue weighted by atomic mass is 35.5. The van der Waals surface area contributed by atoms with Gasteiger partial charge in [0.05, 0.1) is 18.7 Å². The van der Waals surface area contributed by atoms with Gasteiger partial charge in [0.1, 0.15) is 11.0 Å². The molecule has 0 saturated heterocycles. The van der Waals surface area contributed by atoms with Crippen LogP contribution in [0.3, 0.4) is 0 Å². The predicted octanol–water partition coefficient (Wildman–Crippen LogP) is 3.42. The Kier molecular flexibility index (Phi) is 4.06. The molecule has 0 bridgehead atoms. The minimum Gasteiger partial charge on any atom is -0.493 e. The molecule has 20 heavy (non-hydrogen) atoms. The number of hydrogen-bond donors (Lipinski definition) is 0. The van der Waals surface area contributed by atoms with Crippen LogP contribution in [0.15, 0.2) is 18.2 Å². The molecule has 1 aromatic carbocycles. The summed E-state index contributed by atoms with van der Waals surface area (Å²) in [5.74, 6) is 1.80. The molecule has 1 aromatic heterocycles. The van der Waals surface area contributed by atoms with Crippen molar-refractivity contribution in [3.8, 4) is 23.4 Å². The molecule has 0 aliphatic carbocycles. The lowest BCUT2D eigenvalue weighted by molar-refractivity contribution is 0.372. The summed E-state index contributed by atoms with van der Waals surface area (Å²) in [6.45, 7) is 3.50. The van der Waals surface area contributed by atoms with E-state index in [0.29, 0.717) is 39.5 Å². The zero-order valence-corrected chi connectivity index (χ0v) is 12.0. The van der Waals surface area contributed by atoms with Crippen LogP contribution in [0.4, 0.5) is 0 Å². The molecule has 0 atom stereocenters. The minimum absolute atomic E-state index is 0.347. The van der Waals surface area contributed by atoms with Crippen molar-refractivity contribution in [2.45, 2.75) is 13.8 Å². The van der Waals surface area contributed by atoms with E-state index in [1.807, 2.05) is 6.07 Å². The van der Waals surface area contributed by atoms with Gasteiger partial charge in [0, 0.05) is 11.6 Å². The van der Waals surface area contributed by atoms with Gasteiger partial charge in [0.25, 0.3) is 0 Å². The van der Waals surface area contributed by atoms with Crippen molar-refractivity contribution in [1.29, 1.82) is 5.26 Å². The van der Waals surface area contributed by atoms with E-state index in [1.165, 1.54) is 7.11 Å². The lowest BCUT2D eigenvalue weighted by Crippen LogP contribution is -1.99. The Labute approximate surface area is 121 Å². The summed E-state index contributed by atoms with van der Waals surface area (Å²) in [5, 5.41) is 9.22. The molecule has 102 valence electrons. The lowest BCUT2D eigenvalue weighted by atomic mass is 10.2. The van der Waals surface area contributed by atoms with Crippen molar-refractivity contribution >= 4 is 11.6 Å². The van der Waals surface area contributed by atoms with E-state index in [0.717, 1.165) is 0 Å². The number of nitrogens with zero attached hydrogens (tertiary/aromatic N) is 3. The van der Waals surface area contributed by atoms with Crippen molar-refractivity contribution in [3.63, 3.8) is 0 Å². The largest absolute Gasteiger partial charge is 0.493 e. The van der Waals surface area contributed by atoms with Gasteiger partial charge in [-0.2, -0.15) is 10.2 Å². The van der Waals surface area contributed by atoms with Crippen molar-refractivity contribution in [1.82, 2.24) is 9.97 Å². The monoisotopic (exact) mass is 289 g/mol. The van der Waals surface area contributed by atoms with Gasteiger partial charge in [-0.05, 0) is 26.0 Å². The normalized spacial score (nSPS) is 9.95. The number of aromatic nitrogens is 2. The fourth-order valence-corrected chi connectivity index (χ4v) is 1.80. The van der Waals surface area contributed by atoms with E-state index >= 15 is 0 Å². The summed E-state index contributed by atoms with van der Waals surface area (Å²) in [4.78, 5) is 8.25. The molecule has 0 unspecified atom stereocenters. The molecule has 1 heterocycles. The minimum atomic E-state index is 0.347. The Morgan fingerprint density at radius 3 is 2.60 bits per heavy atom. The highest BCUT2D eigenvalue weighted by Gasteiger charge is 2.13. The van der Waals surface area contributed by atoms with Crippen LogP contribution in [0.2, 0.25) is 5.15 Å². The van der Waals surface area contributed by atoms with Crippen LogP contribution in [0.25, 0.3) is 0 Å². The summed E-state index contributed by atoms with van der Waals surface area (Å²) in [7, 11) is 1.51. The molecule has 0 amide bonds. The third-order valence-corrected chi connectivity index (χ3v) is 3.02. The van der Waals surface area contributed by atoms with Gasteiger partial charge < -0.3 is 9.47 Å². The highest BCUT2D eigenvalue weighted by Crippen LogP contribution is 2.33. The van der Waals surface area contributed by atoms with Crippen LogP contribution in [0, 0.1) is 25.2 Å². The van der Waals surface area contributed by atoms with Gasteiger partial charge in [0.15, 0.2) is 11.5 Å². The van der Waals surface area contributed by atoms with E-state index in [4.69, 9.17) is 26.3 Å². The molecule has 0 spiro atoms. The van der Waals surface area contributed by atoms with Gasteiger partial charge in [-0.3, -0.25) is 0 Å². The number of hydrogen-bond acceptors (Lipinski definition) is 5. The van der Waals surface area contributed by atoms with Crippen LogP contribution >= 0.6 is 11.6 Å². The van der Waals surface area contributed by atoms with Crippen LogP contribution < -0.4 is 9.47 Å². The average Bonchev–Trinajstić information content (AvgIpc) is 2.44. The number of ether oxygens (including phenoxy) is 2. The third kappa shape index (κ3) is 2.81. The topological polar surface area (TPSA) is 68.0 Å². The van der Waals surface area contributed by atoms with Crippen molar-refractivity contribution in [2.75, 3.05) is 7.11 Å². The van der Waals surface area contributed by atoms with E-state index in [-0.39, 0.29) is 0 Å². The van der Waals surface area contributed by atoms with Crippen LogP contribution in [-0.2, 0) is 0 Å². The molecule has 2 rings (SSSR count). The Morgan fingerprint density at radius 1 is 1.20 bits per heavy atom. The van der Waals surface area contributed by atoms with E-state index in [1.54, 1.807) is 32.0 Å². The predicted molar refractivity (Wildman–Crippen MR) is 74.3 cm³/mol. The second kappa shape index (κ2) is 5.76. The maximum Gasteiger partial charge on any atom is 0.227 e. The second-order valence-corrected chi connectivity index (χ2v) is 4.43. The van der Waals surface area contributed by atoms with Gasteiger partial charge >= 0.3 is 0 Å². The summed E-state index contributed by atoms with van der Waals surface area (Å²) >= 11 is 6.00. The molecule has 5 nitrogen and oxygen atoms in total. The first-order valence-electron chi connectivity index (χ1n) is 5.82. The standard InChI is InChI=1S/C14H12ClN3O2/c1-8-13(15)17-9(2)18-14(8)20-11-5-4-10(7-16)6-12(11)19-3/h4-6H,1-3H3. The molecular weight excluding hydrogens is 278 g/mol. The number of aryl methyl sites for hydroxylation is 1. The summed E-state index contributed by atoms with van der Waals surface area (Å²) < 4.78 is 10.9. The Morgan fingerprint density at radius 2 is 1.95 bits per heavy atom. The zero-order valence-electron chi connectivity index (χ0n) is 11.3. The SMILES string of the molecule is COc1cc(C#N)ccc1Oc1nc(C)nc(Cl)c1C. The molecule has 0 saturated carbocycles. The molecule has 0 N–H and O–H groups in total. The van der Waals surface area contributed by atoms with Gasteiger partial charge in [0.2, 0.25) is 5.88 Å². The van der Waals surface area contributed by atoms with Crippen LogP contribution in [-0.4, -0.2) is 17.1 Å². The Hall–Kier alpha value is -2.32. The number of halogens is 1. The molecule has 0 fully saturated rings. The second-order valence-electron chi connectivity index (χ2n) is 4.07. The maximum atomic E-state index is 8.87. The highest BCUT2D eigenvalue weighted by molar-refractivity contribution is 6.30. The molecule has 0 radical (unpaired) electrons. The average molecular weight is 290 g/mol. The van der Waals surface area contributed by atoms with Crippen molar-refractivity contribution in [3.05, 3.63) is 40.3 Å². The summed E-state index contributed by atoms with van der Waals surface area (Å²) in [6, 6.07) is 6.93. The maximum absolute atomic E-state index is 8.87.